The van der Waals surface area contributed by atoms with Crippen molar-refractivity contribution in [1.29, 1.82) is 0 Å². The van der Waals surface area contributed by atoms with E-state index in [-0.39, 0.29) is 24.1 Å². The first kappa shape index (κ1) is 28.1. The molecule has 0 spiro atoms. The number of amides is 2. The molecule has 1 saturated heterocycles. The van der Waals surface area contributed by atoms with Crippen LogP contribution in [-0.4, -0.2) is 78.0 Å². The number of hydrogen-bond donors (Lipinski definition) is 2. The summed E-state index contributed by atoms with van der Waals surface area (Å²) in [5.74, 6) is -0.00271. The summed E-state index contributed by atoms with van der Waals surface area (Å²) in [7, 11) is 3.18. The molecular weight excluding hydrogens is 518 g/mol. The van der Waals surface area contributed by atoms with Crippen LogP contribution >= 0.6 is 11.3 Å². The Morgan fingerprint density at radius 3 is 2.46 bits per heavy atom. The summed E-state index contributed by atoms with van der Waals surface area (Å²) >= 11 is 1.37. The van der Waals surface area contributed by atoms with E-state index in [0.717, 1.165) is 10.4 Å². The van der Waals surface area contributed by atoms with E-state index in [9.17, 15) is 9.59 Å². The van der Waals surface area contributed by atoms with Crippen LogP contribution in [0.4, 0.5) is 22.0 Å². The second-order valence-electron chi connectivity index (χ2n) is 10.5. The van der Waals surface area contributed by atoms with E-state index in [4.69, 9.17) is 15.2 Å². The molecule has 11 nitrogen and oxygen atoms in total. The Labute approximate surface area is 232 Å². The fourth-order valence-corrected chi connectivity index (χ4v) is 5.60. The molecule has 3 N–H and O–H groups in total. The van der Waals surface area contributed by atoms with Crippen LogP contribution in [0.15, 0.2) is 29.3 Å². The summed E-state index contributed by atoms with van der Waals surface area (Å²) < 4.78 is 11.9. The maximum absolute atomic E-state index is 13.3. The molecule has 0 unspecified atom stereocenters. The van der Waals surface area contributed by atoms with Crippen molar-refractivity contribution < 1.29 is 19.1 Å². The van der Waals surface area contributed by atoms with Crippen molar-refractivity contribution in [1.82, 2.24) is 14.9 Å². The summed E-state index contributed by atoms with van der Waals surface area (Å²) in [6.07, 6.45) is 1.22. The number of nitrogen functional groups attached to an aromatic ring is 1. The van der Waals surface area contributed by atoms with Gasteiger partial charge in [-0.25, -0.2) is 14.8 Å². The minimum atomic E-state index is -0.567. The van der Waals surface area contributed by atoms with Crippen molar-refractivity contribution in [2.24, 2.45) is 4.99 Å². The zero-order valence-corrected chi connectivity index (χ0v) is 24.1. The summed E-state index contributed by atoms with van der Waals surface area (Å²) in [5.41, 5.74) is 8.17. The quantitative estimate of drug-likeness (QED) is 0.444. The normalized spacial score (nSPS) is 18.0. The van der Waals surface area contributed by atoms with Gasteiger partial charge in [0.15, 0.2) is 0 Å². The molecule has 2 atom stereocenters. The van der Waals surface area contributed by atoms with E-state index >= 15 is 0 Å². The van der Waals surface area contributed by atoms with Gasteiger partial charge in [-0.15, -0.1) is 0 Å². The number of carbonyl (C=O) groups excluding carboxylic acids is 2. The number of hydrogen-bond acceptors (Lipinski definition) is 10. The molecule has 3 aromatic rings. The zero-order chi connectivity index (χ0) is 28.5. The zero-order valence-electron chi connectivity index (χ0n) is 23.3. The number of benzene rings is 1. The number of ether oxygens (including phenoxy) is 2. The number of rotatable bonds is 5. The second-order valence-corrected chi connectivity index (χ2v) is 11.5. The van der Waals surface area contributed by atoms with Gasteiger partial charge < -0.3 is 25.4 Å². The number of nitrogens with two attached hydrogens (primary N) is 1. The number of aliphatic imine (C=N–C) groups is 1. The van der Waals surface area contributed by atoms with Crippen molar-refractivity contribution in [3.63, 3.8) is 0 Å². The smallest absolute Gasteiger partial charge is 0.410 e. The molecule has 0 radical (unpaired) electrons. The fourth-order valence-electron chi connectivity index (χ4n) is 4.65. The number of anilines is 3. The van der Waals surface area contributed by atoms with Gasteiger partial charge >= 0.3 is 6.09 Å². The average Bonchev–Trinajstić information content (AvgIpc) is 3.28. The summed E-state index contributed by atoms with van der Waals surface area (Å²) in [6.45, 7) is 10.8. The molecule has 0 bridgehead atoms. The highest BCUT2D eigenvalue weighted by Gasteiger charge is 2.36. The molecule has 1 aromatic carbocycles. The van der Waals surface area contributed by atoms with Crippen LogP contribution in [0.5, 0.6) is 5.19 Å². The average molecular weight is 554 g/mol. The first-order valence-electron chi connectivity index (χ1n) is 12.7. The Hall–Kier alpha value is -3.93. The molecule has 1 aliphatic rings. The fraction of sp³-hybridized carbons (Fsp3) is 0.444. The van der Waals surface area contributed by atoms with Crippen LogP contribution in [0.3, 0.4) is 0 Å². The maximum Gasteiger partial charge on any atom is 0.410 e. The highest BCUT2D eigenvalue weighted by molar-refractivity contribution is 7.21. The van der Waals surface area contributed by atoms with E-state index in [1.54, 1.807) is 37.3 Å². The Morgan fingerprint density at radius 1 is 1.15 bits per heavy atom. The predicted molar refractivity (Wildman–Crippen MR) is 156 cm³/mol. The van der Waals surface area contributed by atoms with Gasteiger partial charge in [0.2, 0.25) is 0 Å². The molecule has 4 rings (SSSR count). The number of nitrogens with one attached hydrogen (secondary N) is 1. The number of thiazole rings is 1. The molecule has 1 aliphatic heterocycles. The molecule has 0 saturated carbocycles. The molecular formula is C27H35N7O4S. The lowest BCUT2D eigenvalue weighted by Gasteiger charge is -2.45. The van der Waals surface area contributed by atoms with E-state index in [0.29, 0.717) is 46.6 Å². The molecule has 12 heteroatoms. The van der Waals surface area contributed by atoms with Crippen molar-refractivity contribution >= 4 is 57.0 Å². The van der Waals surface area contributed by atoms with Crippen LogP contribution in [0, 0.1) is 0 Å². The lowest BCUT2D eigenvalue weighted by atomic mass is 10.1. The molecule has 3 heterocycles. The standard InChI is InChI=1S/C27H35N7O4S/c1-15-13-33(14-16(2)34(15)26(36)38-27(3,4)5)20-10-8-17(22-23(20)39-25(32-22)37-7)24(35)31-21-11-9-18(28)19(30-21)12-29-6/h8-12,15-16H,13-14,28H2,1-7H3,(H,30,31,35)/t15-,16-/m0/s1. The molecule has 2 aromatic heterocycles. The number of piperazine rings is 1. The molecule has 208 valence electrons. The van der Waals surface area contributed by atoms with E-state index in [1.165, 1.54) is 17.6 Å². The number of methoxy groups -OCH3 is 1. The maximum atomic E-state index is 13.3. The van der Waals surface area contributed by atoms with Gasteiger partial charge in [0.25, 0.3) is 11.1 Å². The monoisotopic (exact) mass is 553 g/mol. The number of aromatic nitrogens is 2. The first-order valence-corrected chi connectivity index (χ1v) is 13.5. The summed E-state index contributed by atoms with van der Waals surface area (Å²) in [6, 6.07) is 6.81. The van der Waals surface area contributed by atoms with E-state index < -0.39 is 5.60 Å². The van der Waals surface area contributed by atoms with Crippen LogP contribution < -0.4 is 20.7 Å². The van der Waals surface area contributed by atoms with Crippen molar-refractivity contribution in [2.45, 2.75) is 52.3 Å². The third-order valence-corrected chi connectivity index (χ3v) is 7.28. The highest BCUT2D eigenvalue weighted by Crippen LogP contribution is 2.39. The van der Waals surface area contributed by atoms with Gasteiger partial charge in [-0.05, 0) is 58.9 Å². The highest BCUT2D eigenvalue weighted by atomic mass is 32.1. The summed E-state index contributed by atoms with van der Waals surface area (Å²) in [5, 5.41) is 3.29. The minimum absolute atomic E-state index is 0.0890. The Morgan fingerprint density at radius 2 is 1.85 bits per heavy atom. The van der Waals surface area contributed by atoms with Crippen molar-refractivity contribution in [2.75, 3.05) is 43.2 Å². The molecule has 0 aliphatic carbocycles. The Balaban J connectivity index is 1.63. The lowest BCUT2D eigenvalue weighted by Crippen LogP contribution is -2.59. The van der Waals surface area contributed by atoms with Gasteiger partial charge in [0.05, 0.1) is 40.8 Å². The number of fused-ring (bicyclic) bond motifs is 1. The van der Waals surface area contributed by atoms with Crippen LogP contribution in [-0.2, 0) is 4.74 Å². The Bertz CT molecular complexity index is 1400. The van der Waals surface area contributed by atoms with Gasteiger partial charge in [-0.2, -0.15) is 0 Å². The topological polar surface area (TPSA) is 135 Å². The number of pyridine rings is 1. The Kier molecular flexibility index (Phi) is 7.96. The van der Waals surface area contributed by atoms with Gasteiger partial charge in [0, 0.05) is 26.4 Å². The molecule has 1 fully saturated rings. The lowest BCUT2D eigenvalue weighted by molar-refractivity contribution is 0.00567. The summed E-state index contributed by atoms with van der Waals surface area (Å²) in [4.78, 5) is 43.2. The molecule has 2 amide bonds. The third kappa shape index (κ3) is 6.06. The van der Waals surface area contributed by atoms with Gasteiger partial charge in [-0.1, -0.05) is 11.3 Å². The number of carbonyl (C=O) groups is 2. The van der Waals surface area contributed by atoms with Crippen molar-refractivity contribution in [3.05, 3.63) is 35.5 Å². The first-order chi connectivity index (χ1) is 18.4. The van der Waals surface area contributed by atoms with Gasteiger partial charge in [0.1, 0.15) is 22.6 Å². The minimum Gasteiger partial charge on any atom is -0.473 e. The van der Waals surface area contributed by atoms with Gasteiger partial charge in [-0.3, -0.25) is 14.7 Å². The SMILES string of the molecule is CN=Cc1nc(NC(=O)c2ccc(N3C[C@H](C)N(C(=O)OC(C)(C)C)[C@@H](C)C3)c3sc(OC)nc23)ccc1N. The van der Waals surface area contributed by atoms with Crippen LogP contribution in [0.1, 0.15) is 50.7 Å². The largest absolute Gasteiger partial charge is 0.473 e. The number of nitrogens with zero attached hydrogens (tertiary/aromatic N) is 5. The van der Waals surface area contributed by atoms with E-state index in [2.05, 4.69) is 25.2 Å². The second kappa shape index (κ2) is 11.0. The third-order valence-electron chi connectivity index (χ3n) is 6.24. The predicted octanol–water partition coefficient (Wildman–Crippen LogP) is 4.42. The molecule has 39 heavy (non-hydrogen) atoms. The van der Waals surface area contributed by atoms with Crippen LogP contribution in [0.25, 0.3) is 10.2 Å². The van der Waals surface area contributed by atoms with E-state index in [1.807, 2.05) is 40.7 Å². The van der Waals surface area contributed by atoms with Crippen LogP contribution in [0.2, 0.25) is 0 Å². The van der Waals surface area contributed by atoms with Crippen molar-refractivity contribution in [3.8, 4) is 5.19 Å².